The molecule has 6 heteroatoms. The fourth-order valence-corrected chi connectivity index (χ4v) is 2.28. The first-order valence-corrected chi connectivity index (χ1v) is 7.88. The van der Waals surface area contributed by atoms with E-state index in [1.807, 2.05) is 18.2 Å². The molecule has 0 unspecified atom stereocenters. The van der Waals surface area contributed by atoms with Gasteiger partial charge in [0.1, 0.15) is 0 Å². The van der Waals surface area contributed by atoms with Gasteiger partial charge in [-0.15, -0.1) is 0 Å². The number of aromatic nitrogens is 2. The Bertz CT molecular complexity index is 807. The van der Waals surface area contributed by atoms with E-state index in [-0.39, 0.29) is 12.3 Å². The summed E-state index contributed by atoms with van der Waals surface area (Å²) in [5, 5.41) is 6.73. The SMILES string of the molecule is CC(C)c1cccc(NC(=O)CCc2nc(-c3ccco3)no2)c1. The van der Waals surface area contributed by atoms with Gasteiger partial charge in [-0.2, -0.15) is 4.98 Å². The lowest BCUT2D eigenvalue weighted by Crippen LogP contribution is -2.12. The van der Waals surface area contributed by atoms with Crippen LogP contribution in [0.2, 0.25) is 0 Å². The summed E-state index contributed by atoms with van der Waals surface area (Å²) in [6.45, 7) is 4.24. The van der Waals surface area contributed by atoms with Gasteiger partial charge in [-0.3, -0.25) is 4.79 Å². The molecule has 0 aliphatic rings. The van der Waals surface area contributed by atoms with Crippen LogP contribution in [-0.4, -0.2) is 16.0 Å². The van der Waals surface area contributed by atoms with Gasteiger partial charge in [0.2, 0.25) is 17.6 Å². The molecule has 124 valence electrons. The van der Waals surface area contributed by atoms with E-state index in [2.05, 4.69) is 35.4 Å². The fraction of sp³-hybridized carbons (Fsp3) is 0.278. The average Bonchev–Trinajstić information content (AvgIpc) is 3.24. The van der Waals surface area contributed by atoms with Gasteiger partial charge in [0.15, 0.2) is 5.76 Å². The number of nitrogens with one attached hydrogen (secondary N) is 1. The standard InChI is InChI=1S/C18H19N3O3/c1-12(2)13-5-3-6-14(11-13)19-16(22)8-9-17-20-18(21-24-17)15-7-4-10-23-15/h3-7,10-12H,8-9H2,1-2H3,(H,19,22). The van der Waals surface area contributed by atoms with E-state index in [0.29, 0.717) is 29.8 Å². The normalized spacial score (nSPS) is 11.0. The van der Waals surface area contributed by atoms with Gasteiger partial charge in [0, 0.05) is 18.5 Å². The van der Waals surface area contributed by atoms with Crippen LogP contribution in [0.3, 0.4) is 0 Å². The van der Waals surface area contributed by atoms with Crippen LogP contribution in [-0.2, 0) is 11.2 Å². The summed E-state index contributed by atoms with van der Waals surface area (Å²) < 4.78 is 10.3. The Hall–Kier alpha value is -2.89. The molecule has 1 aromatic carbocycles. The molecule has 6 nitrogen and oxygen atoms in total. The van der Waals surface area contributed by atoms with Crippen molar-refractivity contribution < 1.29 is 13.7 Å². The largest absolute Gasteiger partial charge is 0.461 e. The van der Waals surface area contributed by atoms with E-state index in [0.717, 1.165) is 5.69 Å². The molecule has 0 radical (unpaired) electrons. The van der Waals surface area contributed by atoms with Gasteiger partial charge < -0.3 is 14.3 Å². The summed E-state index contributed by atoms with van der Waals surface area (Å²) in [6.07, 6.45) is 2.19. The minimum atomic E-state index is -0.0892. The molecule has 0 aliphatic carbocycles. The molecule has 24 heavy (non-hydrogen) atoms. The minimum absolute atomic E-state index is 0.0892. The van der Waals surface area contributed by atoms with Crippen molar-refractivity contribution in [2.75, 3.05) is 5.32 Å². The molecule has 3 aromatic rings. The van der Waals surface area contributed by atoms with Crippen molar-refractivity contribution in [1.82, 2.24) is 10.1 Å². The van der Waals surface area contributed by atoms with Crippen molar-refractivity contribution in [2.45, 2.75) is 32.6 Å². The number of anilines is 1. The molecule has 3 rings (SSSR count). The van der Waals surface area contributed by atoms with Crippen molar-refractivity contribution >= 4 is 11.6 Å². The highest BCUT2D eigenvalue weighted by molar-refractivity contribution is 5.90. The molecule has 0 aliphatic heterocycles. The first kappa shape index (κ1) is 16.0. The Balaban J connectivity index is 1.55. The van der Waals surface area contributed by atoms with E-state index < -0.39 is 0 Å². The van der Waals surface area contributed by atoms with Crippen molar-refractivity contribution in [2.24, 2.45) is 0 Å². The van der Waals surface area contributed by atoms with Crippen molar-refractivity contribution in [3.8, 4) is 11.6 Å². The smallest absolute Gasteiger partial charge is 0.238 e. The van der Waals surface area contributed by atoms with Crippen LogP contribution in [0.1, 0.15) is 37.6 Å². The summed E-state index contributed by atoms with van der Waals surface area (Å²) in [5.74, 6) is 1.67. The lowest BCUT2D eigenvalue weighted by Gasteiger charge is -2.09. The molecule has 0 saturated carbocycles. The highest BCUT2D eigenvalue weighted by Crippen LogP contribution is 2.19. The molecular weight excluding hydrogens is 306 g/mol. The van der Waals surface area contributed by atoms with Gasteiger partial charge in [0.05, 0.1) is 6.26 Å². The second-order valence-electron chi connectivity index (χ2n) is 5.82. The summed E-state index contributed by atoms with van der Waals surface area (Å²) in [6, 6.07) is 11.4. The monoisotopic (exact) mass is 325 g/mol. The first-order chi connectivity index (χ1) is 11.6. The van der Waals surface area contributed by atoms with E-state index in [9.17, 15) is 4.79 Å². The lowest BCUT2D eigenvalue weighted by atomic mass is 10.0. The van der Waals surface area contributed by atoms with Crippen LogP contribution in [0.25, 0.3) is 11.6 Å². The molecule has 2 aromatic heterocycles. The van der Waals surface area contributed by atoms with Crippen LogP contribution < -0.4 is 5.32 Å². The van der Waals surface area contributed by atoms with Gasteiger partial charge in [-0.1, -0.05) is 31.1 Å². The van der Waals surface area contributed by atoms with E-state index in [1.54, 1.807) is 18.4 Å². The fourth-order valence-electron chi connectivity index (χ4n) is 2.28. The highest BCUT2D eigenvalue weighted by atomic mass is 16.5. The number of hydrogen-bond donors (Lipinski definition) is 1. The zero-order valence-electron chi connectivity index (χ0n) is 13.7. The minimum Gasteiger partial charge on any atom is -0.461 e. The zero-order chi connectivity index (χ0) is 16.9. The van der Waals surface area contributed by atoms with Crippen molar-refractivity contribution in [3.05, 3.63) is 54.1 Å². The average molecular weight is 325 g/mol. The maximum Gasteiger partial charge on any atom is 0.238 e. The Morgan fingerprint density at radius 3 is 2.88 bits per heavy atom. The number of rotatable bonds is 6. The molecule has 1 amide bonds. The molecule has 0 bridgehead atoms. The summed E-state index contributed by atoms with van der Waals surface area (Å²) in [5.41, 5.74) is 1.99. The molecule has 0 spiro atoms. The van der Waals surface area contributed by atoms with Crippen LogP contribution in [0, 0.1) is 0 Å². The number of furan rings is 1. The van der Waals surface area contributed by atoms with E-state index in [4.69, 9.17) is 8.94 Å². The first-order valence-electron chi connectivity index (χ1n) is 7.88. The Labute approximate surface area is 139 Å². The Morgan fingerprint density at radius 1 is 1.25 bits per heavy atom. The third kappa shape index (κ3) is 3.90. The number of carbonyl (C=O) groups is 1. The third-order valence-electron chi connectivity index (χ3n) is 3.61. The number of hydrogen-bond acceptors (Lipinski definition) is 5. The Kier molecular flexibility index (Phi) is 4.74. The number of amides is 1. The maximum atomic E-state index is 12.1. The van der Waals surface area contributed by atoms with Gasteiger partial charge in [0.25, 0.3) is 0 Å². The molecular formula is C18H19N3O3. The van der Waals surface area contributed by atoms with E-state index in [1.165, 1.54) is 5.56 Å². The lowest BCUT2D eigenvalue weighted by molar-refractivity contribution is -0.116. The summed E-state index contributed by atoms with van der Waals surface area (Å²) in [4.78, 5) is 16.3. The number of aryl methyl sites for hydroxylation is 1. The predicted octanol–water partition coefficient (Wildman–Crippen LogP) is 4.02. The van der Waals surface area contributed by atoms with Gasteiger partial charge in [-0.25, -0.2) is 0 Å². The predicted molar refractivity (Wildman–Crippen MR) is 89.5 cm³/mol. The molecule has 0 fully saturated rings. The van der Waals surface area contributed by atoms with Crippen molar-refractivity contribution in [1.29, 1.82) is 0 Å². The van der Waals surface area contributed by atoms with Crippen LogP contribution in [0.15, 0.2) is 51.6 Å². The molecule has 1 N–H and O–H groups in total. The van der Waals surface area contributed by atoms with E-state index >= 15 is 0 Å². The molecule has 0 saturated heterocycles. The van der Waals surface area contributed by atoms with Crippen molar-refractivity contribution in [3.63, 3.8) is 0 Å². The maximum absolute atomic E-state index is 12.1. The van der Waals surface area contributed by atoms with Crippen LogP contribution in [0.4, 0.5) is 5.69 Å². The van der Waals surface area contributed by atoms with Gasteiger partial charge in [-0.05, 0) is 35.7 Å². The van der Waals surface area contributed by atoms with Crippen LogP contribution in [0.5, 0.6) is 0 Å². The second-order valence-corrected chi connectivity index (χ2v) is 5.82. The third-order valence-corrected chi connectivity index (χ3v) is 3.61. The quantitative estimate of drug-likeness (QED) is 0.740. The molecule has 2 heterocycles. The number of benzene rings is 1. The number of nitrogens with zero attached hydrogens (tertiary/aromatic N) is 2. The highest BCUT2D eigenvalue weighted by Gasteiger charge is 2.12. The number of carbonyl (C=O) groups excluding carboxylic acids is 1. The summed E-state index contributed by atoms with van der Waals surface area (Å²) in [7, 11) is 0. The van der Waals surface area contributed by atoms with Crippen LogP contribution >= 0.6 is 0 Å². The molecule has 0 atom stereocenters. The van der Waals surface area contributed by atoms with Gasteiger partial charge >= 0.3 is 0 Å². The summed E-state index contributed by atoms with van der Waals surface area (Å²) >= 11 is 0. The topological polar surface area (TPSA) is 81.2 Å². The zero-order valence-corrected chi connectivity index (χ0v) is 13.7. The second kappa shape index (κ2) is 7.12. The Morgan fingerprint density at radius 2 is 2.12 bits per heavy atom.